The zero-order chi connectivity index (χ0) is 8.97. The number of allylic oxidation sites excluding steroid dienone is 1. The Morgan fingerprint density at radius 3 is 2.42 bits per heavy atom. The van der Waals surface area contributed by atoms with Crippen LogP contribution in [0.15, 0.2) is 12.2 Å². The van der Waals surface area contributed by atoms with Crippen LogP contribution >= 0.6 is 0 Å². The largest absolute Gasteiger partial charge is 0.193 e. The fraction of sp³-hybridized carbons (Fsp3) is 0.727. The fourth-order valence-electron chi connectivity index (χ4n) is 2.01. The molecule has 0 aromatic heterocycles. The van der Waals surface area contributed by atoms with Gasteiger partial charge >= 0.3 is 0 Å². The number of hydrogen-bond acceptors (Lipinski definition) is 1. The van der Waals surface area contributed by atoms with Crippen molar-refractivity contribution in [1.29, 1.82) is 5.26 Å². The van der Waals surface area contributed by atoms with Gasteiger partial charge in [0.25, 0.3) is 0 Å². The summed E-state index contributed by atoms with van der Waals surface area (Å²) in [5.74, 6) is 1.41. The lowest BCUT2D eigenvalue weighted by Crippen LogP contribution is -2.14. The number of rotatable bonds is 2. The Bertz CT molecular complexity index is 192. The molecule has 1 saturated carbocycles. The van der Waals surface area contributed by atoms with E-state index in [1.165, 1.54) is 32.1 Å². The van der Waals surface area contributed by atoms with Crippen LogP contribution in [-0.2, 0) is 0 Å². The van der Waals surface area contributed by atoms with Gasteiger partial charge in [-0.1, -0.05) is 19.9 Å². The predicted molar refractivity (Wildman–Crippen MR) is 50.5 cm³/mol. The molecule has 0 saturated heterocycles. The molecule has 0 heterocycles. The maximum Gasteiger partial charge on any atom is 0.0943 e. The standard InChI is InChI=1S/C11H17N/c1-3-10-4-6-11(7-5-10)9(2)8-12/h10-11H,2-7H2,1H3. The monoisotopic (exact) mass is 163 g/mol. The zero-order valence-corrected chi connectivity index (χ0v) is 7.84. The first kappa shape index (κ1) is 9.32. The molecule has 0 unspecified atom stereocenters. The third kappa shape index (κ3) is 2.11. The molecule has 1 heteroatoms. The van der Waals surface area contributed by atoms with Crippen molar-refractivity contribution in [2.45, 2.75) is 39.0 Å². The molecule has 1 rings (SSSR count). The highest BCUT2D eigenvalue weighted by molar-refractivity contribution is 5.19. The predicted octanol–water partition coefficient (Wildman–Crippen LogP) is 3.28. The van der Waals surface area contributed by atoms with E-state index >= 15 is 0 Å². The van der Waals surface area contributed by atoms with Crippen LogP contribution in [0.5, 0.6) is 0 Å². The Kier molecular flexibility index (Phi) is 3.34. The Labute approximate surface area is 75.1 Å². The summed E-state index contributed by atoms with van der Waals surface area (Å²) in [6.45, 7) is 6.04. The van der Waals surface area contributed by atoms with E-state index in [1.807, 2.05) is 0 Å². The summed E-state index contributed by atoms with van der Waals surface area (Å²) in [6.07, 6.45) is 6.26. The molecule has 0 aliphatic heterocycles. The number of nitrogens with zero attached hydrogens (tertiary/aromatic N) is 1. The molecule has 0 amide bonds. The highest BCUT2D eigenvalue weighted by atomic mass is 14.3. The minimum Gasteiger partial charge on any atom is -0.193 e. The second-order valence-corrected chi connectivity index (χ2v) is 3.76. The molecule has 1 aliphatic rings. The summed E-state index contributed by atoms with van der Waals surface area (Å²) in [6, 6.07) is 2.17. The fourth-order valence-corrected chi connectivity index (χ4v) is 2.01. The third-order valence-corrected chi connectivity index (χ3v) is 3.06. The van der Waals surface area contributed by atoms with Gasteiger partial charge in [-0.15, -0.1) is 0 Å². The summed E-state index contributed by atoms with van der Waals surface area (Å²) in [7, 11) is 0. The van der Waals surface area contributed by atoms with Crippen molar-refractivity contribution >= 4 is 0 Å². The molecular formula is C11H17N. The average molecular weight is 163 g/mol. The Morgan fingerprint density at radius 1 is 1.42 bits per heavy atom. The van der Waals surface area contributed by atoms with Crippen molar-refractivity contribution < 1.29 is 0 Å². The van der Waals surface area contributed by atoms with E-state index in [4.69, 9.17) is 5.26 Å². The lowest BCUT2D eigenvalue weighted by atomic mass is 9.78. The Morgan fingerprint density at radius 2 is 2.00 bits per heavy atom. The first-order valence-electron chi connectivity index (χ1n) is 4.86. The van der Waals surface area contributed by atoms with Crippen molar-refractivity contribution in [2.24, 2.45) is 11.8 Å². The maximum atomic E-state index is 8.66. The van der Waals surface area contributed by atoms with E-state index in [2.05, 4.69) is 19.6 Å². The molecular weight excluding hydrogens is 146 g/mol. The summed E-state index contributed by atoms with van der Waals surface area (Å²) in [5.41, 5.74) is 0.796. The van der Waals surface area contributed by atoms with Gasteiger partial charge < -0.3 is 0 Å². The van der Waals surface area contributed by atoms with E-state index in [0.29, 0.717) is 5.92 Å². The molecule has 0 aromatic carbocycles. The molecule has 1 fully saturated rings. The Balaban J connectivity index is 2.37. The average Bonchev–Trinajstić information content (AvgIpc) is 2.17. The van der Waals surface area contributed by atoms with E-state index < -0.39 is 0 Å². The minimum atomic E-state index is 0.498. The van der Waals surface area contributed by atoms with E-state index in [9.17, 15) is 0 Å². The van der Waals surface area contributed by atoms with Crippen LogP contribution in [0.1, 0.15) is 39.0 Å². The molecule has 0 aromatic rings. The van der Waals surface area contributed by atoms with Crippen LogP contribution in [0.3, 0.4) is 0 Å². The van der Waals surface area contributed by atoms with Crippen LogP contribution in [0, 0.1) is 23.2 Å². The first-order chi connectivity index (χ1) is 5.77. The van der Waals surface area contributed by atoms with E-state index in [-0.39, 0.29) is 0 Å². The topological polar surface area (TPSA) is 23.8 Å². The Hall–Kier alpha value is -0.770. The van der Waals surface area contributed by atoms with Gasteiger partial charge in [-0.2, -0.15) is 5.26 Å². The summed E-state index contributed by atoms with van der Waals surface area (Å²) in [5, 5.41) is 8.66. The van der Waals surface area contributed by atoms with Crippen molar-refractivity contribution in [1.82, 2.24) is 0 Å². The zero-order valence-electron chi connectivity index (χ0n) is 7.84. The van der Waals surface area contributed by atoms with Gasteiger partial charge in [0.15, 0.2) is 0 Å². The van der Waals surface area contributed by atoms with Crippen LogP contribution in [0.25, 0.3) is 0 Å². The van der Waals surface area contributed by atoms with Gasteiger partial charge in [0.1, 0.15) is 0 Å². The van der Waals surface area contributed by atoms with E-state index in [0.717, 1.165) is 11.5 Å². The minimum absolute atomic E-state index is 0.498. The second-order valence-electron chi connectivity index (χ2n) is 3.76. The normalized spacial score (nSPS) is 29.3. The lowest BCUT2D eigenvalue weighted by Gasteiger charge is -2.26. The van der Waals surface area contributed by atoms with Gasteiger partial charge in [-0.3, -0.25) is 0 Å². The van der Waals surface area contributed by atoms with Gasteiger partial charge in [0, 0.05) is 5.57 Å². The number of nitriles is 1. The molecule has 0 spiro atoms. The summed E-state index contributed by atoms with van der Waals surface area (Å²) < 4.78 is 0. The molecule has 12 heavy (non-hydrogen) atoms. The maximum absolute atomic E-state index is 8.66. The third-order valence-electron chi connectivity index (χ3n) is 3.06. The van der Waals surface area contributed by atoms with Gasteiger partial charge in [0.05, 0.1) is 6.07 Å². The molecule has 0 bridgehead atoms. The molecule has 0 atom stereocenters. The number of hydrogen-bond donors (Lipinski definition) is 0. The lowest BCUT2D eigenvalue weighted by molar-refractivity contribution is 0.299. The van der Waals surface area contributed by atoms with Crippen LogP contribution < -0.4 is 0 Å². The highest BCUT2D eigenvalue weighted by Crippen LogP contribution is 2.33. The molecule has 1 nitrogen and oxygen atoms in total. The molecule has 1 aliphatic carbocycles. The highest BCUT2D eigenvalue weighted by Gasteiger charge is 2.21. The second kappa shape index (κ2) is 4.30. The van der Waals surface area contributed by atoms with Gasteiger partial charge in [0.2, 0.25) is 0 Å². The van der Waals surface area contributed by atoms with Gasteiger partial charge in [-0.25, -0.2) is 0 Å². The van der Waals surface area contributed by atoms with Crippen molar-refractivity contribution in [3.05, 3.63) is 12.2 Å². The molecule has 0 radical (unpaired) electrons. The van der Waals surface area contributed by atoms with Crippen molar-refractivity contribution in [3.63, 3.8) is 0 Å². The summed E-state index contributed by atoms with van der Waals surface area (Å²) >= 11 is 0. The van der Waals surface area contributed by atoms with Crippen LogP contribution in [0.4, 0.5) is 0 Å². The summed E-state index contributed by atoms with van der Waals surface area (Å²) in [4.78, 5) is 0. The van der Waals surface area contributed by atoms with Crippen LogP contribution in [0.2, 0.25) is 0 Å². The van der Waals surface area contributed by atoms with Gasteiger partial charge in [-0.05, 0) is 37.5 Å². The quantitative estimate of drug-likeness (QED) is 0.573. The van der Waals surface area contributed by atoms with E-state index in [1.54, 1.807) is 0 Å². The first-order valence-corrected chi connectivity index (χ1v) is 4.86. The van der Waals surface area contributed by atoms with Crippen molar-refractivity contribution in [2.75, 3.05) is 0 Å². The SMILES string of the molecule is C=C(C#N)C1CCC(CC)CC1. The van der Waals surface area contributed by atoms with Crippen LogP contribution in [-0.4, -0.2) is 0 Å². The molecule has 66 valence electrons. The van der Waals surface area contributed by atoms with Crippen molar-refractivity contribution in [3.8, 4) is 6.07 Å². The smallest absolute Gasteiger partial charge is 0.0943 e. The molecule has 0 N–H and O–H groups in total.